The number of benzene rings is 1. The molecule has 0 saturated heterocycles. The molecule has 1 rings (SSSR count). The maximum Gasteiger partial charge on any atom is 0.404 e. The first-order valence-electron chi connectivity index (χ1n) is 6.93. The smallest absolute Gasteiger partial charge is 0.404 e. The first kappa shape index (κ1) is 17.4. The van der Waals surface area contributed by atoms with Gasteiger partial charge in [-0.15, -0.1) is 0 Å². The number of anilines is 1. The number of hydrogen-bond acceptors (Lipinski definition) is 4. The number of nitrogens with one attached hydrogen (secondary N) is 2. The van der Waals surface area contributed by atoms with Crippen LogP contribution in [0.5, 0.6) is 0 Å². The van der Waals surface area contributed by atoms with Crippen molar-refractivity contribution in [1.82, 2.24) is 5.32 Å². The van der Waals surface area contributed by atoms with Crippen LogP contribution in [0.2, 0.25) is 0 Å². The van der Waals surface area contributed by atoms with E-state index in [2.05, 4.69) is 10.6 Å². The lowest BCUT2D eigenvalue weighted by atomic mass is 10.1. The van der Waals surface area contributed by atoms with Crippen LogP contribution in [0.3, 0.4) is 0 Å². The van der Waals surface area contributed by atoms with E-state index in [0.29, 0.717) is 6.42 Å². The van der Waals surface area contributed by atoms with Gasteiger partial charge in [-0.1, -0.05) is 23.9 Å². The third-order valence-corrected chi connectivity index (χ3v) is 3.72. The fourth-order valence-electron chi connectivity index (χ4n) is 1.89. The Bertz CT molecular complexity index is 462. The van der Waals surface area contributed by atoms with E-state index in [4.69, 9.17) is 5.11 Å². The number of carbonyl (C=O) groups excluding carboxylic acids is 1. The van der Waals surface area contributed by atoms with E-state index in [1.807, 2.05) is 31.2 Å². The van der Waals surface area contributed by atoms with Gasteiger partial charge in [0.25, 0.3) is 0 Å². The van der Waals surface area contributed by atoms with Crippen molar-refractivity contribution in [2.45, 2.75) is 32.7 Å². The molecule has 0 heterocycles. The van der Waals surface area contributed by atoms with Gasteiger partial charge in [-0.3, -0.25) is 4.79 Å². The fourth-order valence-corrected chi connectivity index (χ4v) is 2.47. The Hall–Kier alpha value is -1.69. The molecule has 3 N–H and O–H groups in total. The molecule has 1 aromatic rings. The van der Waals surface area contributed by atoms with Crippen molar-refractivity contribution in [3.63, 3.8) is 0 Å². The monoisotopic (exact) mass is 310 g/mol. The summed E-state index contributed by atoms with van der Waals surface area (Å²) in [6, 6.07) is 7.85. The maximum absolute atomic E-state index is 10.8. The Morgan fingerprint density at radius 2 is 1.95 bits per heavy atom. The van der Waals surface area contributed by atoms with Crippen molar-refractivity contribution < 1.29 is 14.7 Å². The van der Waals surface area contributed by atoms with Gasteiger partial charge < -0.3 is 15.7 Å². The summed E-state index contributed by atoms with van der Waals surface area (Å²) >= 11 is 1.35. The first-order valence-corrected chi connectivity index (χ1v) is 7.91. The molecular formula is C15H22N2O3S. The van der Waals surface area contributed by atoms with Gasteiger partial charge in [-0.25, -0.2) is 4.79 Å². The second-order valence-electron chi connectivity index (χ2n) is 4.87. The fraction of sp³-hybridized carbons (Fsp3) is 0.467. The van der Waals surface area contributed by atoms with Crippen LogP contribution in [0.15, 0.2) is 24.3 Å². The third-order valence-electron chi connectivity index (χ3n) is 2.82. The zero-order chi connectivity index (χ0) is 15.7. The van der Waals surface area contributed by atoms with Crippen molar-refractivity contribution in [1.29, 1.82) is 0 Å². The second kappa shape index (κ2) is 9.28. The highest BCUT2D eigenvalue weighted by Gasteiger charge is 2.06. The molecule has 0 fully saturated rings. The summed E-state index contributed by atoms with van der Waals surface area (Å²) in [5.74, 6) is 0.832. The molecule has 0 aliphatic heterocycles. The normalized spacial score (nSPS) is 11.7. The average Bonchev–Trinajstić information content (AvgIpc) is 2.39. The molecule has 0 radical (unpaired) electrons. The van der Waals surface area contributed by atoms with Gasteiger partial charge in [0.15, 0.2) is 5.12 Å². The first-order chi connectivity index (χ1) is 9.97. The van der Waals surface area contributed by atoms with E-state index in [0.717, 1.165) is 30.0 Å². The Balaban J connectivity index is 2.30. The lowest BCUT2D eigenvalue weighted by Crippen LogP contribution is -2.32. The van der Waals surface area contributed by atoms with Gasteiger partial charge in [0.2, 0.25) is 0 Å². The van der Waals surface area contributed by atoms with Gasteiger partial charge in [0.05, 0.1) is 0 Å². The molecule has 1 aromatic carbocycles. The van der Waals surface area contributed by atoms with Crippen molar-refractivity contribution >= 4 is 28.7 Å². The molecule has 116 valence electrons. The summed E-state index contributed by atoms with van der Waals surface area (Å²) in [5, 5.41) is 14.5. The van der Waals surface area contributed by atoms with Crippen LogP contribution in [0.25, 0.3) is 0 Å². The SMILES string of the molecule is CC(=O)SCCCNc1ccc(CC(C)NC(=O)O)cc1. The molecule has 0 aliphatic rings. The minimum absolute atomic E-state index is 0.107. The minimum atomic E-state index is -0.996. The van der Waals surface area contributed by atoms with Crippen LogP contribution in [-0.4, -0.2) is 34.7 Å². The standard InChI is InChI=1S/C15H22N2O3S/c1-11(17-15(19)20)10-13-4-6-14(7-5-13)16-8-3-9-21-12(2)18/h4-7,11,16-17H,3,8-10H2,1-2H3,(H,19,20). The van der Waals surface area contributed by atoms with Crippen LogP contribution in [0.4, 0.5) is 10.5 Å². The summed E-state index contributed by atoms with van der Waals surface area (Å²) in [5.41, 5.74) is 2.12. The number of amides is 1. The van der Waals surface area contributed by atoms with Crippen LogP contribution < -0.4 is 10.6 Å². The molecule has 0 aliphatic carbocycles. The van der Waals surface area contributed by atoms with Gasteiger partial charge in [0, 0.05) is 31.0 Å². The molecule has 1 atom stereocenters. The predicted octanol–water partition coefficient (Wildman–Crippen LogP) is 2.97. The predicted molar refractivity (Wildman–Crippen MR) is 87.0 cm³/mol. The van der Waals surface area contributed by atoms with E-state index in [1.54, 1.807) is 6.92 Å². The summed E-state index contributed by atoms with van der Waals surface area (Å²) < 4.78 is 0. The molecule has 0 saturated carbocycles. The molecule has 21 heavy (non-hydrogen) atoms. The molecular weight excluding hydrogens is 288 g/mol. The summed E-state index contributed by atoms with van der Waals surface area (Å²) in [6.45, 7) is 4.25. The Kier molecular flexibility index (Phi) is 7.68. The number of rotatable bonds is 8. The molecule has 6 heteroatoms. The highest BCUT2D eigenvalue weighted by Crippen LogP contribution is 2.12. The topological polar surface area (TPSA) is 78.4 Å². The summed E-state index contributed by atoms with van der Waals surface area (Å²) in [7, 11) is 0. The van der Waals surface area contributed by atoms with Crippen molar-refractivity contribution in [2.24, 2.45) is 0 Å². The number of hydrogen-bond donors (Lipinski definition) is 3. The maximum atomic E-state index is 10.8. The van der Waals surface area contributed by atoms with Crippen molar-refractivity contribution in [3.8, 4) is 0 Å². The molecule has 0 bridgehead atoms. The number of thioether (sulfide) groups is 1. The Morgan fingerprint density at radius 3 is 2.52 bits per heavy atom. The summed E-state index contributed by atoms with van der Waals surface area (Å²) in [6.07, 6.45) is 0.608. The zero-order valence-corrected chi connectivity index (χ0v) is 13.2. The van der Waals surface area contributed by atoms with Crippen LogP contribution >= 0.6 is 11.8 Å². The lowest BCUT2D eigenvalue weighted by Gasteiger charge is -2.12. The number of carboxylic acid groups (broad SMARTS) is 1. The minimum Gasteiger partial charge on any atom is -0.465 e. The molecule has 0 spiro atoms. The second-order valence-corrected chi connectivity index (χ2v) is 6.14. The molecule has 1 amide bonds. The van der Waals surface area contributed by atoms with Gasteiger partial charge in [-0.05, 0) is 37.5 Å². The third kappa shape index (κ3) is 8.24. The highest BCUT2D eigenvalue weighted by atomic mass is 32.2. The number of carbonyl (C=O) groups is 2. The van der Waals surface area contributed by atoms with Gasteiger partial charge in [0.1, 0.15) is 0 Å². The van der Waals surface area contributed by atoms with E-state index in [1.165, 1.54) is 11.8 Å². The van der Waals surface area contributed by atoms with Crippen molar-refractivity contribution in [2.75, 3.05) is 17.6 Å². The van der Waals surface area contributed by atoms with Gasteiger partial charge >= 0.3 is 6.09 Å². The highest BCUT2D eigenvalue weighted by molar-refractivity contribution is 8.13. The molecule has 0 aromatic heterocycles. The molecule has 1 unspecified atom stereocenters. The van der Waals surface area contributed by atoms with Crippen LogP contribution in [-0.2, 0) is 11.2 Å². The van der Waals surface area contributed by atoms with Crippen molar-refractivity contribution in [3.05, 3.63) is 29.8 Å². The Labute approximate surface area is 129 Å². The van der Waals surface area contributed by atoms with Crippen LogP contribution in [0, 0.1) is 0 Å². The lowest BCUT2D eigenvalue weighted by molar-refractivity contribution is -0.109. The Morgan fingerprint density at radius 1 is 1.29 bits per heavy atom. The summed E-state index contributed by atoms with van der Waals surface area (Å²) in [4.78, 5) is 21.3. The largest absolute Gasteiger partial charge is 0.465 e. The van der Waals surface area contributed by atoms with Crippen LogP contribution in [0.1, 0.15) is 25.8 Å². The van der Waals surface area contributed by atoms with E-state index in [-0.39, 0.29) is 11.2 Å². The van der Waals surface area contributed by atoms with E-state index in [9.17, 15) is 9.59 Å². The van der Waals surface area contributed by atoms with E-state index >= 15 is 0 Å². The quantitative estimate of drug-likeness (QED) is 0.643. The average molecular weight is 310 g/mol. The molecule has 5 nitrogen and oxygen atoms in total. The zero-order valence-electron chi connectivity index (χ0n) is 12.4. The van der Waals surface area contributed by atoms with Gasteiger partial charge in [-0.2, -0.15) is 0 Å². The van der Waals surface area contributed by atoms with E-state index < -0.39 is 6.09 Å².